The highest BCUT2D eigenvalue weighted by Gasteiger charge is 2.40. The molecule has 2 rings (SSSR count). The SMILES string of the molecule is O=C1CC[C@@H]2O[C@@H]2CCC1=O. The Hall–Kier alpha value is -0.700. The molecule has 60 valence electrons. The highest BCUT2D eigenvalue weighted by Crippen LogP contribution is 2.32. The van der Waals surface area contributed by atoms with Gasteiger partial charge in [-0.3, -0.25) is 9.59 Å². The molecule has 0 aromatic carbocycles. The van der Waals surface area contributed by atoms with Crippen molar-refractivity contribution in [1.29, 1.82) is 0 Å². The molecule has 2 atom stereocenters. The van der Waals surface area contributed by atoms with Gasteiger partial charge in [0.15, 0.2) is 11.6 Å². The van der Waals surface area contributed by atoms with Gasteiger partial charge in [-0.05, 0) is 12.8 Å². The lowest BCUT2D eigenvalue weighted by molar-refractivity contribution is -0.136. The van der Waals surface area contributed by atoms with E-state index >= 15 is 0 Å². The highest BCUT2D eigenvalue weighted by atomic mass is 16.6. The molecule has 1 saturated heterocycles. The Balaban J connectivity index is 1.99. The standard InChI is InChI=1S/C8H10O3/c9-5-1-3-7-8(11-7)4-2-6(5)10/h7-8H,1-4H2/t7-,8+. The smallest absolute Gasteiger partial charge is 0.198 e. The first-order chi connectivity index (χ1) is 5.27. The summed E-state index contributed by atoms with van der Waals surface area (Å²) in [5.74, 6) is -0.419. The zero-order valence-corrected chi connectivity index (χ0v) is 6.21. The molecule has 0 unspecified atom stereocenters. The molecular formula is C8H10O3. The summed E-state index contributed by atoms with van der Waals surface area (Å²) < 4.78 is 5.23. The van der Waals surface area contributed by atoms with Crippen molar-refractivity contribution in [3.05, 3.63) is 0 Å². The number of epoxide rings is 1. The van der Waals surface area contributed by atoms with Crippen LogP contribution in [0.3, 0.4) is 0 Å². The zero-order chi connectivity index (χ0) is 7.84. The van der Waals surface area contributed by atoms with Crippen LogP contribution in [0.2, 0.25) is 0 Å². The molecule has 0 bridgehead atoms. The lowest BCUT2D eigenvalue weighted by Gasteiger charge is -2.01. The lowest BCUT2D eigenvalue weighted by Crippen LogP contribution is -2.17. The molecule has 0 N–H and O–H groups in total. The average Bonchev–Trinajstić information content (AvgIpc) is 2.72. The zero-order valence-electron chi connectivity index (χ0n) is 6.21. The van der Waals surface area contributed by atoms with Crippen molar-refractivity contribution in [2.24, 2.45) is 0 Å². The maximum atomic E-state index is 10.9. The molecule has 2 aliphatic rings. The van der Waals surface area contributed by atoms with Crippen LogP contribution in [-0.4, -0.2) is 23.8 Å². The fourth-order valence-corrected chi connectivity index (χ4v) is 1.51. The summed E-state index contributed by atoms with van der Waals surface area (Å²) in [4.78, 5) is 21.9. The summed E-state index contributed by atoms with van der Waals surface area (Å²) in [5.41, 5.74) is 0. The van der Waals surface area contributed by atoms with E-state index in [1.54, 1.807) is 0 Å². The Bertz CT molecular complexity index is 187. The van der Waals surface area contributed by atoms with Gasteiger partial charge in [-0.25, -0.2) is 0 Å². The van der Waals surface area contributed by atoms with Crippen LogP contribution in [0.1, 0.15) is 25.7 Å². The number of fused-ring (bicyclic) bond motifs is 1. The van der Waals surface area contributed by atoms with Gasteiger partial charge in [0.2, 0.25) is 0 Å². The largest absolute Gasteiger partial charge is 0.370 e. The molecule has 0 radical (unpaired) electrons. The summed E-state index contributed by atoms with van der Waals surface area (Å²) in [6, 6.07) is 0. The highest BCUT2D eigenvalue weighted by molar-refractivity contribution is 6.37. The summed E-state index contributed by atoms with van der Waals surface area (Å²) in [6.07, 6.45) is 2.84. The minimum atomic E-state index is -0.209. The van der Waals surface area contributed by atoms with E-state index in [2.05, 4.69) is 0 Å². The van der Waals surface area contributed by atoms with Crippen molar-refractivity contribution in [2.45, 2.75) is 37.9 Å². The average molecular weight is 154 g/mol. The fourth-order valence-electron chi connectivity index (χ4n) is 1.51. The quantitative estimate of drug-likeness (QED) is 0.376. The van der Waals surface area contributed by atoms with Crippen molar-refractivity contribution in [3.8, 4) is 0 Å². The molecule has 2 fully saturated rings. The van der Waals surface area contributed by atoms with Crippen molar-refractivity contribution >= 4 is 11.6 Å². The van der Waals surface area contributed by atoms with Crippen molar-refractivity contribution in [1.82, 2.24) is 0 Å². The molecule has 3 heteroatoms. The molecule has 0 spiro atoms. The molecule has 11 heavy (non-hydrogen) atoms. The summed E-state index contributed by atoms with van der Waals surface area (Å²) >= 11 is 0. The minimum Gasteiger partial charge on any atom is -0.370 e. The topological polar surface area (TPSA) is 46.7 Å². The lowest BCUT2D eigenvalue weighted by atomic mass is 9.99. The third-order valence-corrected chi connectivity index (χ3v) is 2.31. The van der Waals surface area contributed by atoms with Crippen LogP contribution in [0.25, 0.3) is 0 Å². The van der Waals surface area contributed by atoms with E-state index in [1.165, 1.54) is 0 Å². The van der Waals surface area contributed by atoms with Gasteiger partial charge in [-0.15, -0.1) is 0 Å². The Kier molecular flexibility index (Phi) is 1.53. The number of ketones is 2. The van der Waals surface area contributed by atoms with Crippen LogP contribution in [0.4, 0.5) is 0 Å². The van der Waals surface area contributed by atoms with Crippen LogP contribution in [-0.2, 0) is 14.3 Å². The summed E-state index contributed by atoms with van der Waals surface area (Å²) in [6.45, 7) is 0. The third-order valence-electron chi connectivity index (χ3n) is 2.31. The monoisotopic (exact) mass is 154 g/mol. The van der Waals surface area contributed by atoms with Crippen molar-refractivity contribution < 1.29 is 14.3 Å². The van der Waals surface area contributed by atoms with E-state index in [9.17, 15) is 9.59 Å². The first-order valence-electron chi connectivity index (χ1n) is 3.99. The molecule has 1 aliphatic carbocycles. The van der Waals surface area contributed by atoms with E-state index in [4.69, 9.17) is 4.74 Å². The first-order valence-corrected chi connectivity index (χ1v) is 3.99. The third kappa shape index (κ3) is 1.33. The minimum absolute atomic E-state index is 0.209. The van der Waals surface area contributed by atoms with Crippen LogP contribution in [0.5, 0.6) is 0 Å². The van der Waals surface area contributed by atoms with Crippen LogP contribution >= 0.6 is 0 Å². The number of rotatable bonds is 0. The van der Waals surface area contributed by atoms with E-state index in [1.807, 2.05) is 0 Å². The Labute approximate surface area is 64.7 Å². The van der Waals surface area contributed by atoms with Crippen LogP contribution < -0.4 is 0 Å². The number of carbonyl (C=O) groups is 2. The number of carbonyl (C=O) groups excluding carboxylic acids is 2. The fraction of sp³-hybridized carbons (Fsp3) is 0.750. The predicted molar refractivity (Wildman–Crippen MR) is 37.1 cm³/mol. The van der Waals surface area contributed by atoms with Gasteiger partial charge in [0, 0.05) is 12.8 Å². The van der Waals surface area contributed by atoms with Gasteiger partial charge in [0.05, 0.1) is 12.2 Å². The maximum absolute atomic E-state index is 10.9. The maximum Gasteiger partial charge on any atom is 0.198 e. The van der Waals surface area contributed by atoms with Crippen molar-refractivity contribution in [3.63, 3.8) is 0 Å². The molecule has 3 nitrogen and oxygen atoms in total. The second-order valence-electron chi connectivity index (χ2n) is 3.14. The number of ether oxygens (including phenoxy) is 1. The number of hydrogen-bond donors (Lipinski definition) is 0. The van der Waals surface area contributed by atoms with Crippen LogP contribution in [0.15, 0.2) is 0 Å². The molecule has 0 aromatic heterocycles. The number of hydrogen-bond acceptors (Lipinski definition) is 3. The second kappa shape index (κ2) is 2.41. The van der Waals surface area contributed by atoms with Gasteiger partial charge in [0.1, 0.15) is 0 Å². The molecular weight excluding hydrogens is 144 g/mol. The van der Waals surface area contributed by atoms with Gasteiger partial charge in [-0.1, -0.05) is 0 Å². The van der Waals surface area contributed by atoms with Crippen LogP contribution in [0, 0.1) is 0 Å². The summed E-state index contributed by atoms with van der Waals surface area (Å²) in [5, 5.41) is 0. The summed E-state index contributed by atoms with van der Waals surface area (Å²) in [7, 11) is 0. The van der Waals surface area contributed by atoms with E-state index in [0.717, 1.165) is 12.8 Å². The molecule has 1 heterocycles. The molecule has 0 aromatic rings. The Morgan fingerprint density at radius 1 is 1.00 bits per heavy atom. The van der Waals surface area contributed by atoms with Gasteiger partial charge in [-0.2, -0.15) is 0 Å². The second-order valence-corrected chi connectivity index (χ2v) is 3.14. The molecule has 1 saturated carbocycles. The van der Waals surface area contributed by atoms with Gasteiger partial charge in [0.25, 0.3) is 0 Å². The van der Waals surface area contributed by atoms with Gasteiger partial charge < -0.3 is 4.74 Å². The molecule has 0 amide bonds. The van der Waals surface area contributed by atoms with E-state index in [-0.39, 0.29) is 23.8 Å². The van der Waals surface area contributed by atoms with E-state index < -0.39 is 0 Å². The van der Waals surface area contributed by atoms with Crippen molar-refractivity contribution in [2.75, 3.05) is 0 Å². The van der Waals surface area contributed by atoms with Gasteiger partial charge >= 0.3 is 0 Å². The first kappa shape index (κ1) is 6.98. The number of Topliss-reactive ketones (excluding diaryl/α,β-unsaturated/α-hetero) is 2. The molecule has 1 aliphatic heterocycles. The Morgan fingerprint density at radius 3 is 1.91 bits per heavy atom. The predicted octanol–water partition coefficient (Wildman–Crippen LogP) is 0.466. The van der Waals surface area contributed by atoms with E-state index in [0.29, 0.717) is 12.8 Å². The normalized spacial score (nSPS) is 37.5. The Morgan fingerprint density at radius 2 is 1.45 bits per heavy atom.